The first kappa shape index (κ1) is 34.5. The van der Waals surface area contributed by atoms with Gasteiger partial charge in [-0.15, -0.1) is 0 Å². The number of rotatable bonds is 10. The molecule has 0 radical (unpaired) electrons. The number of hydrogen-bond donors (Lipinski definition) is 0. The Bertz CT molecular complexity index is 701. The van der Waals surface area contributed by atoms with Crippen LogP contribution in [0.4, 0.5) is 0 Å². The van der Waals surface area contributed by atoms with E-state index in [9.17, 15) is 0 Å². The first-order valence-electron chi connectivity index (χ1n) is 18.8. The average molecular weight is 557 g/mol. The molecule has 0 N–H and O–H groups in total. The minimum Gasteiger partial charge on any atom is -0.0628 e. The van der Waals surface area contributed by atoms with Crippen LogP contribution < -0.4 is 0 Å². The molecule has 12 atom stereocenters. The van der Waals surface area contributed by atoms with Gasteiger partial charge in [0.25, 0.3) is 0 Å². The van der Waals surface area contributed by atoms with E-state index < -0.39 is 0 Å². The molecule has 0 aromatic carbocycles. The van der Waals surface area contributed by atoms with E-state index in [0.29, 0.717) is 0 Å². The second kappa shape index (κ2) is 15.6. The van der Waals surface area contributed by atoms with Crippen LogP contribution in [0.1, 0.15) is 160 Å². The summed E-state index contributed by atoms with van der Waals surface area (Å²) >= 11 is 0. The molecule has 0 heteroatoms. The Morgan fingerprint density at radius 2 is 0.825 bits per heavy atom. The maximum atomic E-state index is 2.55. The highest BCUT2D eigenvalue weighted by molar-refractivity contribution is 4.95. The monoisotopic (exact) mass is 557 g/mol. The highest BCUT2D eigenvalue weighted by atomic mass is 14.5. The lowest BCUT2D eigenvalue weighted by Crippen LogP contribution is -2.30. The van der Waals surface area contributed by atoms with Crippen molar-refractivity contribution in [2.75, 3.05) is 0 Å². The number of hydrogen-bond acceptors (Lipinski definition) is 0. The highest BCUT2D eigenvalue weighted by Gasteiger charge is 2.46. The normalized spacial score (nSPS) is 39.3. The number of fused-ring (bicyclic) bond motifs is 2. The molecule has 0 aromatic heterocycles. The molecule has 4 aliphatic rings. The van der Waals surface area contributed by atoms with Crippen LogP contribution in [0.25, 0.3) is 0 Å². The van der Waals surface area contributed by atoms with Crippen LogP contribution in [0.15, 0.2) is 0 Å². The summed E-state index contributed by atoms with van der Waals surface area (Å²) in [7, 11) is 0. The van der Waals surface area contributed by atoms with Gasteiger partial charge in [0.2, 0.25) is 0 Å². The van der Waals surface area contributed by atoms with Gasteiger partial charge in [-0.25, -0.2) is 0 Å². The summed E-state index contributed by atoms with van der Waals surface area (Å²) in [6.07, 6.45) is 18.1. The van der Waals surface area contributed by atoms with Gasteiger partial charge < -0.3 is 0 Å². The van der Waals surface area contributed by atoms with Crippen molar-refractivity contribution < 1.29 is 0 Å². The molecule has 4 fully saturated rings. The Balaban J connectivity index is 0.000000220. The van der Waals surface area contributed by atoms with Gasteiger partial charge in [0.15, 0.2) is 0 Å². The third-order valence-corrected chi connectivity index (χ3v) is 12.9. The Labute approximate surface area is 254 Å². The SMILES string of the molecule is CC(C)CC(C)C1CCC2C(C)CC(CC(C)C)C2C1.CC(C)CC(C)C1CCC2C(CC(C)C)CC(C)C2C1. The Hall–Kier alpha value is 0. The lowest BCUT2D eigenvalue weighted by atomic mass is 9.66. The molecule has 4 rings (SSSR count). The standard InChI is InChI=1S/2C20H38/c1-13(2)9-15(5)17-7-8-19-18(10-14(3)4)11-16(6)20(19)12-17;1-13(2)9-15(5)17-7-8-19-16(6)11-18(10-14(3)4)20(19)12-17/h2*13-20H,7-12H2,1-6H3. The zero-order chi connectivity index (χ0) is 29.7. The van der Waals surface area contributed by atoms with E-state index in [1.54, 1.807) is 19.3 Å². The summed E-state index contributed by atoms with van der Waals surface area (Å²) in [5.74, 6) is 15.9. The zero-order valence-electron chi connectivity index (χ0n) is 29.7. The second-order valence-corrected chi connectivity index (χ2v) is 18.2. The summed E-state index contributed by atoms with van der Waals surface area (Å²) in [4.78, 5) is 0. The Kier molecular flexibility index (Phi) is 13.5. The van der Waals surface area contributed by atoms with E-state index in [-0.39, 0.29) is 0 Å². The molecule has 0 aliphatic heterocycles. The summed E-state index contributed by atoms with van der Waals surface area (Å²) in [5.41, 5.74) is 0. The first-order chi connectivity index (χ1) is 18.8. The van der Waals surface area contributed by atoms with Crippen molar-refractivity contribution in [2.24, 2.45) is 94.7 Å². The molecule has 236 valence electrons. The third kappa shape index (κ3) is 9.50. The zero-order valence-corrected chi connectivity index (χ0v) is 29.7. The largest absolute Gasteiger partial charge is 0.0628 e. The van der Waals surface area contributed by atoms with Gasteiger partial charge in [-0.3, -0.25) is 0 Å². The van der Waals surface area contributed by atoms with Gasteiger partial charge in [0.1, 0.15) is 0 Å². The fourth-order valence-electron chi connectivity index (χ4n) is 11.3. The molecule has 0 nitrogen and oxygen atoms in total. The summed E-state index contributed by atoms with van der Waals surface area (Å²) in [6, 6.07) is 0. The van der Waals surface area contributed by atoms with Crippen molar-refractivity contribution in [1.29, 1.82) is 0 Å². The molecule has 0 saturated heterocycles. The molecule has 0 aromatic rings. The average Bonchev–Trinajstić information content (AvgIpc) is 3.32. The lowest BCUT2D eigenvalue weighted by molar-refractivity contribution is 0.110. The molecular weight excluding hydrogens is 480 g/mol. The van der Waals surface area contributed by atoms with Crippen LogP contribution in [0.5, 0.6) is 0 Å². The maximum Gasteiger partial charge on any atom is -0.0352 e. The van der Waals surface area contributed by atoms with Gasteiger partial charge in [-0.2, -0.15) is 0 Å². The Morgan fingerprint density at radius 1 is 0.425 bits per heavy atom. The highest BCUT2D eigenvalue weighted by Crippen LogP contribution is 2.55. The maximum absolute atomic E-state index is 2.55. The van der Waals surface area contributed by atoms with Crippen LogP contribution in [0.3, 0.4) is 0 Å². The van der Waals surface area contributed by atoms with Gasteiger partial charge >= 0.3 is 0 Å². The molecule has 4 aliphatic carbocycles. The van der Waals surface area contributed by atoms with Gasteiger partial charge in [-0.05, 0) is 172 Å². The second-order valence-electron chi connectivity index (χ2n) is 18.2. The minimum absolute atomic E-state index is 0.872. The Morgan fingerprint density at radius 3 is 1.27 bits per heavy atom. The predicted molar refractivity (Wildman–Crippen MR) is 179 cm³/mol. The van der Waals surface area contributed by atoms with Crippen molar-refractivity contribution in [1.82, 2.24) is 0 Å². The van der Waals surface area contributed by atoms with Crippen LogP contribution >= 0.6 is 0 Å². The van der Waals surface area contributed by atoms with Crippen LogP contribution in [-0.2, 0) is 0 Å². The van der Waals surface area contributed by atoms with Crippen LogP contribution in [-0.4, -0.2) is 0 Å². The lowest BCUT2D eigenvalue weighted by Gasteiger charge is -2.39. The molecule has 4 saturated carbocycles. The van der Waals surface area contributed by atoms with Crippen LogP contribution in [0.2, 0.25) is 0 Å². The predicted octanol–water partition coefficient (Wildman–Crippen LogP) is 12.8. The van der Waals surface area contributed by atoms with E-state index in [0.717, 1.165) is 94.7 Å². The molecule has 0 bridgehead atoms. The topological polar surface area (TPSA) is 0 Å². The van der Waals surface area contributed by atoms with Gasteiger partial charge in [0, 0.05) is 0 Å². The van der Waals surface area contributed by atoms with Crippen molar-refractivity contribution >= 4 is 0 Å². The molecule has 0 heterocycles. The molecule has 0 amide bonds. The van der Waals surface area contributed by atoms with Crippen molar-refractivity contribution in [2.45, 2.75) is 160 Å². The van der Waals surface area contributed by atoms with E-state index in [1.165, 1.54) is 57.8 Å². The quantitative estimate of drug-likeness (QED) is 0.251. The molecule has 40 heavy (non-hydrogen) atoms. The van der Waals surface area contributed by atoms with E-state index in [4.69, 9.17) is 0 Å². The van der Waals surface area contributed by atoms with E-state index >= 15 is 0 Å². The smallest absolute Gasteiger partial charge is 0.0352 e. The summed E-state index contributed by atoms with van der Waals surface area (Å²) < 4.78 is 0. The minimum atomic E-state index is 0.872. The van der Waals surface area contributed by atoms with Gasteiger partial charge in [-0.1, -0.05) is 83.1 Å². The van der Waals surface area contributed by atoms with Crippen molar-refractivity contribution in [3.63, 3.8) is 0 Å². The first-order valence-corrected chi connectivity index (χ1v) is 18.8. The fourth-order valence-corrected chi connectivity index (χ4v) is 11.3. The van der Waals surface area contributed by atoms with E-state index in [1.807, 2.05) is 0 Å². The summed E-state index contributed by atoms with van der Waals surface area (Å²) in [6.45, 7) is 29.4. The van der Waals surface area contributed by atoms with Crippen molar-refractivity contribution in [3.8, 4) is 0 Å². The van der Waals surface area contributed by atoms with E-state index in [2.05, 4.69) is 83.1 Å². The van der Waals surface area contributed by atoms with Gasteiger partial charge in [0.05, 0.1) is 0 Å². The fraction of sp³-hybridized carbons (Fsp3) is 1.00. The van der Waals surface area contributed by atoms with Crippen LogP contribution in [0, 0.1) is 94.7 Å². The summed E-state index contributed by atoms with van der Waals surface area (Å²) in [5, 5.41) is 0. The third-order valence-electron chi connectivity index (χ3n) is 12.9. The van der Waals surface area contributed by atoms with Crippen molar-refractivity contribution in [3.05, 3.63) is 0 Å². The molecule has 0 spiro atoms. The molecule has 12 unspecified atom stereocenters. The molecular formula is C40H76.